The van der Waals surface area contributed by atoms with Gasteiger partial charge in [0.2, 0.25) is 0 Å². The van der Waals surface area contributed by atoms with Gasteiger partial charge in [0.05, 0.1) is 6.04 Å². The normalized spacial score (nSPS) is 17.0. The van der Waals surface area contributed by atoms with Crippen molar-refractivity contribution in [2.45, 2.75) is 65.5 Å². The molecule has 1 aliphatic carbocycles. The van der Waals surface area contributed by atoms with Crippen LogP contribution in [-0.4, -0.2) is 24.0 Å². The first kappa shape index (κ1) is 15.9. The molecule has 1 aliphatic rings. The van der Waals surface area contributed by atoms with Gasteiger partial charge in [0, 0.05) is 0 Å². The van der Waals surface area contributed by atoms with E-state index in [-0.39, 0.29) is 0 Å². The summed E-state index contributed by atoms with van der Waals surface area (Å²) < 4.78 is 4.90. The standard InChI is InChI=1S/C8H15NO3.C5H10/c1-6(5-10)9-7(11)12-8(2,3)4;1-5-3-2-4-5/h5-6H,1-4H3,(H,9,11);5H,2-4H2,1H3. The van der Waals surface area contributed by atoms with E-state index in [1.54, 1.807) is 27.7 Å². The van der Waals surface area contributed by atoms with E-state index in [2.05, 4.69) is 12.2 Å². The smallest absolute Gasteiger partial charge is 0.408 e. The summed E-state index contributed by atoms with van der Waals surface area (Å²) in [5, 5.41) is 2.36. The van der Waals surface area contributed by atoms with Crippen LogP contribution in [0.5, 0.6) is 0 Å². The van der Waals surface area contributed by atoms with Crippen LogP contribution in [0.15, 0.2) is 0 Å². The first-order valence-corrected chi connectivity index (χ1v) is 6.19. The number of rotatable bonds is 2. The lowest BCUT2D eigenvalue weighted by Crippen LogP contribution is -2.38. The van der Waals surface area contributed by atoms with Crippen LogP contribution in [-0.2, 0) is 9.53 Å². The maximum Gasteiger partial charge on any atom is 0.408 e. The number of hydrogen-bond donors (Lipinski definition) is 1. The van der Waals surface area contributed by atoms with E-state index in [4.69, 9.17) is 4.74 Å². The zero-order chi connectivity index (χ0) is 13.5. The van der Waals surface area contributed by atoms with E-state index in [1.165, 1.54) is 19.3 Å². The molecule has 0 aromatic carbocycles. The van der Waals surface area contributed by atoms with Crippen molar-refractivity contribution in [3.63, 3.8) is 0 Å². The Morgan fingerprint density at radius 2 is 1.88 bits per heavy atom. The number of carbonyl (C=O) groups excluding carboxylic acids is 2. The largest absolute Gasteiger partial charge is 0.444 e. The van der Waals surface area contributed by atoms with Crippen molar-refractivity contribution < 1.29 is 14.3 Å². The monoisotopic (exact) mass is 243 g/mol. The molecule has 4 heteroatoms. The molecule has 1 atom stereocenters. The van der Waals surface area contributed by atoms with Gasteiger partial charge < -0.3 is 14.8 Å². The van der Waals surface area contributed by atoms with Crippen LogP contribution in [0.1, 0.15) is 53.9 Å². The van der Waals surface area contributed by atoms with Gasteiger partial charge in [-0.3, -0.25) is 0 Å². The number of amides is 1. The molecule has 0 spiro atoms. The number of alkyl carbamates (subject to hydrolysis) is 1. The molecule has 1 fully saturated rings. The fourth-order valence-electron chi connectivity index (χ4n) is 1.14. The fourth-order valence-corrected chi connectivity index (χ4v) is 1.14. The van der Waals surface area contributed by atoms with E-state index in [0.717, 1.165) is 5.92 Å². The van der Waals surface area contributed by atoms with Crippen molar-refractivity contribution >= 4 is 12.4 Å². The molecule has 4 nitrogen and oxygen atoms in total. The third-order valence-electron chi connectivity index (χ3n) is 2.34. The van der Waals surface area contributed by atoms with E-state index < -0.39 is 17.7 Å². The third-order valence-corrected chi connectivity index (χ3v) is 2.34. The van der Waals surface area contributed by atoms with Crippen molar-refractivity contribution in [2.75, 3.05) is 0 Å². The van der Waals surface area contributed by atoms with Gasteiger partial charge in [-0.15, -0.1) is 0 Å². The Kier molecular flexibility index (Phi) is 6.85. The molecule has 100 valence electrons. The number of hydrogen-bond acceptors (Lipinski definition) is 3. The molecule has 0 heterocycles. The zero-order valence-corrected chi connectivity index (χ0v) is 11.6. The summed E-state index contributed by atoms with van der Waals surface area (Å²) in [6.45, 7) is 9.18. The Balaban J connectivity index is 0.000000419. The van der Waals surface area contributed by atoms with Gasteiger partial charge in [0.25, 0.3) is 0 Å². The molecule has 0 aromatic rings. The van der Waals surface area contributed by atoms with Gasteiger partial charge in [-0.05, 0) is 33.6 Å². The van der Waals surface area contributed by atoms with E-state index in [9.17, 15) is 9.59 Å². The van der Waals surface area contributed by atoms with Crippen LogP contribution >= 0.6 is 0 Å². The summed E-state index contributed by atoms with van der Waals surface area (Å²) >= 11 is 0. The lowest BCUT2D eigenvalue weighted by atomic mass is 9.88. The highest BCUT2D eigenvalue weighted by Gasteiger charge is 2.16. The molecule has 1 rings (SSSR count). The lowest BCUT2D eigenvalue weighted by molar-refractivity contribution is -0.109. The maximum atomic E-state index is 10.9. The van der Waals surface area contributed by atoms with Gasteiger partial charge in [-0.25, -0.2) is 4.79 Å². The van der Waals surface area contributed by atoms with Crippen LogP contribution in [0, 0.1) is 5.92 Å². The lowest BCUT2D eigenvalue weighted by Gasteiger charge is -2.20. The second kappa shape index (κ2) is 7.30. The molecule has 1 amide bonds. The predicted octanol–water partition coefficient (Wildman–Crippen LogP) is 2.90. The molecule has 0 aliphatic heterocycles. The van der Waals surface area contributed by atoms with Crippen LogP contribution in [0.3, 0.4) is 0 Å². The van der Waals surface area contributed by atoms with Crippen LogP contribution in [0.4, 0.5) is 4.79 Å². The maximum absolute atomic E-state index is 10.9. The van der Waals surface area contributed by atoms with Gasteiger partial charge in [0.15, 0.2) is 0 Å². The van der Waals surface area contributed by atoms with Crippen LogP contribution in [0.2, 0.25) is 0 Å². The minimum Gasteiger partial charge on any atom is -0.444 e. The number of nitrogens with one attached hydrogen (secondary N) is 1. The number of ether oxygens (including phenoxy) is 1. The van der Waals surface area contributed by atoms with Crippen molar-refractivity contribution in [1.29, 1.82) is 0 Å². The molecule has 0 aromatic heterocycles. The summed E-state index contributed by atoms with van der Waals surface area (Å²) in [5.74, 6) is 1.06. The summed E-state index contributed by atoms with van der Waals surface area (Å²) in [6.07, 6.45) is 4.53. The molecule has 0 bridgehead atoms. The van der Waals surface area contributed by atoms with Crippen molar-refractivity contribution in [1.82, 2.24) is 5.32 Å². The summed E-state index contributed by atoms with van der Waals surface area (Å²) in [7, 11) is 0. The molecule has 1 unspecified atom stereocenters. The number of aldehydes is 1. The topological polar surface area (TPSA) is 55.4 Å². The highest BCUT2D eigenvalue weighted by atomic mass is 16.6. The second-order valence-electron chi connectivity index (χ2n) is 5.61. The molecule has 0 saturated heterocycles. The van der Waals surface area contributed by atoms with Gasteiger partial charge in [-0.2, -0.15) is 0 Å². The predicted molar refractivity (Wildman–Crippen MR) is 67.9 cm³/mol. The minimum absolute atomic E-state index is 0.500. The summed E-state index contributed by atoms with van der Waals surface area (Å²) in [5.41, 5.74) is -0.521. The van der Waals surface area contributed by atoms with E-state index in [1.807, 2.05) is 0 Å². The molecule has 17 heavy (non-hydrogen) atoms. The Morgan fingerprint density at radius 1 is 1.41 bits per heavy atom. The molecular formula is C13H25NO3. The minimum atomic E-state index is -0.568. The van der Waals surface area contributed by atoms with Crippen LogP contribution in [0.25, 0.3) is 0 Å². The Morgan fingerprint density at radius 3 is 2.12 bits per heavy atom. The van der Waals surface area contributed by atoms with Gasteiger partial charge >= 0.3 is 6.09 Å². The average molecular weight is 243 g/mol. The summed E-state index contributed by atoms with van der Waals surface area (Å²) in [6, 6.07) is -0.500. The number of carbonyl (C=O) groups is 2. The highest BCUT2D eigenvalue weighted by Crippen LogP contribution is 2.24. The van der Waals surface area contributed by atoms with Crippen molar-refractivity contribution in [3.05, 3.63) is 0 Å². The Labute approximate surface area is 104 Å². The summed E-state index contributed by atoms with van der Waals surface area (Å²) in [4.78, 5) is 21.1. The molecular weight excluding hydrogens is 218 g/mol. The van der Waals surface area contributed by atoms with E-state index >= 15 is 0 Å². The second-order valence-corrected chi connectivity index (χ2v) is 5.61. The molecule has 0 radical (unpaired) electrons. The Hall–Kier alpha value is -1.06. The molecule has 1 saturated carbocycles. The first-order chi connectivity index (χ1) is 7.74. The SMILES string of the molecule is CC(C=O)NC(=O)OC(C)(C)C.CC1CCC1. The van der Waals surface area contributed by atoms with Gasteiger partial charge in [0.1, 0.15) is 11.9 Å². The fraction of sp³-hybridized carbons (Fsp3) is 0.846. The van der Waals surface area contributed by atoms with Gasteiger partial charge in [-0.1, -0.05) is 26.2 Å². The van der Waals surface area contributed by atoms with Crippen LogP contribution < -0.4 is 5.32 Å². The first-order valence-electron chi connectivity index (χ1n) is 6.19. The van der Waals surface area contributed by atoms with E-state index in [0.29, 0.717) is 6.29 Å². The third kappa shape index (κ3) is 9.85. The highest BCUT2D eigenvalue weighted by molar-refractivity contribution is 5.73. The van der Waals surface area contributed by atoms with Crippen molar-refractivity contribution in [2.24, 2.45) is 5.92 Å². The molecule has 1 N–H and O–H groups in total. The van der Waals surface area contributed by atoms with Crippen molar-refractivity contribution in [3.8, 4) is 0 Å². The quantitative estimate of drug-likeness (QED) is 0.759. The Bertz CT molecular complexity index is 242. The average Bonchev–Trinajstić information content (AvgIpc) is 2.12. The zero-order valence-electron chi connectivity index (χ0n) is 11.6.